The highest BCUT2D eigenvalue weighted by Gasteiger charge is 2.32. The van der Waals surface area contributed by atoms with Crippen LogP contribution in [0.1, 0.15) is 29.5 Å². The predicted molar refractivity (Wildman–Crippen MR) is 118 cm³/mol. The van der Waals surface area contributed by atoms with Gasteiger partial charge in [-0.25, -0.2) is 12.4 Å². The van der Waals surface area contributed by atoms with Gasteiger partial charge < -0.3 is 10.6 Å². The molecule has 0 spiro atoms. The maximum atomic E-state index is 13.6. The second-order valence-corrected chi connectivity index (χ2v) is 9.85. The van der Waals surface area contributed by atoms with Gasteiger partial charge in [-0.3, -0.25) is 0 Å². The van der Waals surface area contributed by atoms with Crippen molar-refractivity contribution in [1.29, 1.82) is 0 Å². The molecule has 0 fully saturated rings. The Morgan fingerprint density at radius 2 is 1.91 bits per heavy atom. The van der Waals surface area contributed by atoms with Gasteiger partial charge in [-0.05, 0) is 60.7 Å². The molecule has 0 aliphatic carbocycles. The SMILES string of the molecule is O=S(=O)(c1ccc2c(c1)NCCC2)n1cc(C2=CC[N-]CC2)c2cc(C(F)(F)F)ccc21. The third kappa shape index (κ3) is 3.59. The molecule has 9 heteroatoms. The van der Waals surface area contributed by atoms with Crippen molar-refractivity contribution in [2.24, 2.45) is 0 Å². The molecule has 1 N–H and O–H groups in total. The van der Waals surface area contributed by atoms with Gasteiger partial charge in [-0.1, -0.05) is 6.07 Å². The van der Waals surface area contributed by atoms with E-state index in [2.05, 4.69) is 10.6 Å². The first-order valence-electron chi connectivity index (χ1n) is 10.4. The van der Waals surface area contributed by atoms with Crippen LogP contribution in [-0.2, 0) is 22.6 Å². The Hall–Kier alpha value is -2.78. The molecule has 5 nitrogen and oxygen atoms in total. The number of nitrogens with zero attached hydrogens (tertiary/aromatic N) is 2. The van der Waals surface area contributed by atoms with Crippen molar-refractivity contribution in [3.8, 4) is 0 Å². The van der Waals surface area contributed by atoms with Gasteiger partial charge >= 0.3 is 6.18 Å². The van der Waals surface area contributed by atoms with Crippen LogP contribution < -0.4 is 5.32 Å². The summed E-state index contributed by atoms with van der Waals surface area (Å²) in [6.07, 6.45) is 1.18. The van der Waals surface area contributed by atoms with Crippen molar-refractivity contribution < 1.29 is 21.6 Å². The molecule has 0 saturated heterocycles. The average Bonchev–Trinajstić information content (AvgIpc) is 3.18. The van der Waals surface area contributed by atoms with E-state index in [0.717, 1.165) is 52.3 Å². The Morgan fingerprint density at radius 3 is 2.66 bits per heavy atom. The van der Waals surface area contributed by atoms with Crippen molar-refractivity contribution in [2.45, 2.75) is 30.3 Å². The number of nitrogens with one attached hydrogen (secondary N) is 1. The third-order valence-electron chi connectivity index (χ3n) is 6.03. The first kappa shape index (κ1) is 21.1. The van der Waals surface area contributed by atoms with Crippen molar-refractivity contribution >= 4 is 32.2 Å². The lowest BCUT2D eigenvalue weighted by Crippen LogP contribution is -2.15. The molecule has 32 heavy (non-hydrogen) atoms. The van der Waals surface area contributed by atoms with Crippen LogP contribution in [0.2, 0.25) is 0 Å². The Balaban J connectivity index is 1.70. The van der Waals surface area contributed by atoms with Gasteiger partial charge in [0.25, 0.3) is 10.0 Å². The largest absolute Gasteiger partial charge is 0.659 e. The van der Waals surface area contributed by atoms with Crippen LogP contribution >= 0.6 is 0 Å². The maximum absolute atomic E-state index is 13.6. The molecule has 2 aromatic carbocycles. The molecule has 168 valence electrons. The zero-order valence-corrected chi connectivity index (χ0v) is 17.9. The van der Waals surface area contributed by atoms with Crippen LogP contribution in [0.4, 0.5) is 18.9 Å². The molecule has 2 aliphatic rings. The standard InChI is InChI=1S/C23H21F3N3O2S/c24-23(25,26)17-4-6-22-19(12-17)20(15-7-10-27-11-8-15)14-29(22)32(30,31)18-5-3-16-2-1-9-28-21(16)13-18/h3-7,12-14,28H,1-2,8-11H2/q-1. The fraction of sp³-hybridized carbons (Fsp3) is 0.304. The van der Waals surface area contributed by atoms with Crippen molar-refractivity contribution in [1.82, 2.24) is 3.97 Å². The number of anilines is 1. The number of aryl methyl sites for hydroxylation is 1. The van der Waals surface area contributed by atoms with Crippen LogP contribution in [0.5, 0.6) is 0 Å². The first-order chi connectivity index (χ1) is 15.2. The third-order valence-corrected chi connectivity index (χ3v) is 7.70. The minimum absolute atomic E-state index is 0.0987. The van der Waals surface area contributed by atoms with Gasteiger partial charge in [0.2, 0.25) is 0 Å². The van der Waals surface area contributed by atoms with Crippen LogP contribution in [0.15, 0.2) is 53.6 Å². The fourth-order valence-corrected chi connectivity index (χ4v) is 5.75. The highest BCUT2D eigenvalue weighted by Crippen LogP contribution is 2.38. The zero-order chi connectivity index (χ0) is 22.5. The molecule has 1 aromatic heterocycles. The summed E-state index contributed by atoms with van der Waals surface area (Å²) < 4.78 is 68.5. The monoisotopic (exact) mass is 460 g/mol. The van der Waals surface area contributed by atoms with Crippen LogP contribution in [-0.4, -0.2) is 32.0 Å². The van der Waals surface area contributed by atoms with Gasteiger partial charge in [0.15, 0.2) is 0 Å². The molecule has 0 bridgehead atoms. The molecule has 2 aliphatic heterocycles. The molecular formula is C23H21F3N3O2S-. The highest BCUT2D eigenvalue weighted by atomic mass is 32.2. The summed E-state index contributed by atoms with van der Waals surface area (Å²) in [6.45, 7) is 1.79. The Bertz CT molecular complexity index is 1340. The minimum atomic E-state index is -4.52. The van der Waals surface area contributed by atoms with E-state index in [1.54, 1.807) is 18.2 Å². The van der Waals surface area contributed by atoms with E-state index in [1.165, 1.54) is 12.3 Å². The van der Waals surface area contributed by atoms with Crippen LogP contribution in [0.3, 0.4) is 0 Å². The van der Waals surface area contributed by atoms with Gasteiger partial charge in [0.05, 0.1) is 16.0 Å². The number of fused-ring (bicyclic) bond motifs is 2. The summed E-state index contributed by atoms with van der Waals surface area (Å²) in [6, 6.07) is 8.18. The fourth-order valence-electron chi connectivity index (χ4n) is 4.36. The number of aromatic nitrogens is 1. The summed E-state index contributed by atoms with van der Waals surface area (Å²) in [4.78, 5) is 0.0987. The molecular weight excluding hydrogens is 439 g/mol. The molecule has 3 aromatic rings. The lowest BCUT2D eigenvalue weighted by atomic mass is 9.98. The lowest BCUT2D eigenvalue weighted by Gasteiger charge is -2.24. The minimum Gasteiger partial charge on any atom is -0.659 e. The molecule has 0 saturated carbocycles. The van der Waals surface area contributed by atoms with E-state index in [1.807, 2.05) is 6.08 Å². The Morgan fingerprint density at radius 1 is 1.06 bits per heavy atom. The number of alkyl halides is 3. The molecule has 3 heterocycles. The van der Waals surface area contributed by atoms with Gasteiger partial charge in [-0.15, -0.1) is 19.2 Å². The summed E-state index contributed by atoms with van der Waals surface area (Å²) in [5.74, 6) is 0. The maximum Gasteiger partial charge on any atom is 0.416 e. The summed E-state index contributed by atoms with van der Waals surface area (Å²) >= 11 is 0. The van der Waals surface area contributed by atoms with E-state index in [4.69, 9.17) is 0 Å². The number of halogens is 3. The van der Waals surface area contributed by atoms with E-state index >= 15 is 0 Å². The molecule has 0 atom stereocenters. The number of rotatable bonds is 3. The molecule has 0 radical (unpaired) electrons. The van der Waals surface area contributed by atoms with Crippen LogP contribution in [0, 0.1) is 0 Å². The second-order valence-electron chi connectivity index (χ2n) is 8.03. The molecule has 0 unspecified atom stereocenters. The van der Waals surface area contributed by atoms with E-state index in [0.29, 0.717) is 25.1 Å². The zero-order valence-electron chi connectivity index (χ0n) is 17.1. The normalized spacial score (nSPS) is 17.0. The predicted octanol–water partition coefficient (Wildman–Crippen LogP) is 5.42. The van der Waals surface area contributed by atoms with Gasteiger partial charge in [0, 0.05) is 29.4 Å². The summed E-state index contributed by atoms with van der Waals surface area (Å²) in [5, 5.41) is 7.74. The van der Waals surface area contributed by atoms with Crippen molar-refractivity contribution in [3.05, 3.63) is 70.7 Å². The van der Waals surface area contributed by atoms with Crippen molar-refractivity contribution in [2.75, 3.05) is 25.0 Å². The second kappa shape index (κ2) is 7.67. The van der Waals surface area contributed by atoms with E-state index in [9.17, 15) is 21.6 Å². The summed E-state index contributed by atoms with van der Waals surface area (Å²) in [7, 11) is -4.02. The Kier molecular flexibility index (Phi) is 5.05. The smallest absolute Gasteiger partial charge is 0.416 e. The molecule has 0 amide bonds. The Labute approximate surface area is 184 Å². The van der Waals surface area contributed by atoms with Gasteiger partial charge in [0.1, 0.15) is 0 Å². The highest BCUT2D eigenvalue weighted by molar-refractivity contribution is 7.90. The van der Waals surface area contributed by atoms with Crippen molar-refractivity contribution in [3.63, 3.8) is 0 Å². The first-order valence-corrected chi connectivity index (χ1v) is 11.9. The number of hydrogen-bond acceptors (Lipinski definition) is 3. The quantitative estimate of drug-likeness (QED) is 0.568. The lowest BCUT2D eigenvalue weighted by molar-refractivity contribution is -0.137. The average molecular weight is 461 g/mol. The number of hydrogen-bond donors (Lipinski definition) is 1. The van der Waals surface area contributed by atoms with E-state index in [-0.39, 0.29) is 15.8 Å². The molecule has 5 rings (SSSR count). The van der Waals surface area contributed by atoms with Gasteiger partial charge in [-0.2, -0.15) is 13.2 Å². The van der Waals surface area contributed by atoms with E-state index < -0.39 is 21.8 Å². The van der Waals surface area contributed by atoms with Crippen LogP contribution in [0.25, 0.3) is 21.8 Å². The topological polar surface area (TPSA) is 65.2 Å². The number of benzene rings is 2. The summed E-state index contributed by atoms with van der Waals surface area (Å²) in [5.41, 5.74) is 2.57.